The van der Waals surface area contributed by atoms with Crippen molar-refractivity contribution in [2.45, 2.75) is 24.9 Å². The van der Waals surface area contributed by atoms with E-state index in [1.807, 2.05) is 0 Å². The molecule has 0 spiro atoms. The molecule has 0 atom stereocenters. The van der Waals surface area contributed by atoms with Crippen molar-refractivity contribution in [1.82, 2.24) is 5.32 Å². The summed E-state index contributed by atoms with van der Waals surface area (Å²) in [5.74, 6) is -0.0645. The molecule has 1 aliphatic rings. The third kappa shape index (κ3) is 2.45. The van der Waals surface area contributed by atoms with E-state index >= 15 is 0 Å². The molecule has 3 nitrogen and oxygen atoms in total. The Labute approximate surface area is 74.3 Å². The molecule has 0 saturated heterocycles. The number of hydrogen-bond donors (Lipinski definition) is 2. The monoisotopic (exact) mass is 221 g/mol. The van der Waals surface area contributed by atoms with Crippen LogP contribution in [0.3, 0.4) is 0 Å². The van der Waals surface area contributed by atoms with Crippen LogP contribution in [-0.2, 0) is 4.79 Å². The highest BCUT2D eigenvalue weighted by molar-refractivity contribution is 9.09. The molecule has 1 aliphatic carbocycles. The van der Waals surface area contributed by atoms with Crippen molar-refractivity contribution >= 4 is 21.8 Å². The second-order valence-corrected chi connectivity index (χ2v) is 3.55. The molecule has 0 unspecified atom stereocenters. The highest BCUT2D eigenvalue weighted by Gasteiger charge is 2.34. The number of nitrogens with one attached hydrogen (secondary N) is 1. The van der Waals surface area contributed by atoms with E-state index in [9.17, 15) is 9.90 Å². The zero-order chi connectivity index (χ0) is 8.32. The van der Waals surface area contributed by atoms with Crippen LogP contribution in [0.4, 0.5) is 0 Å². The summed E-state index contributed by atoms with van der Waals surface area (Å²) in [6, 6.07) is 0. The molecule has 1 amide bonds. The molecule has 0 aromatic rings. The van der Waals surface area contributed by atoms with E-state index in [0.29, 0.717) is 11.9 Å². The predicted octanol–water partition coefficient (Wildman–Crippen LogP) is 0.412. The van der Waals surface area contributed by atoms with Crippen LogP contribution in [0, 0.1) is 0 Å². The van der Waals surface area contributed by atoms with Gasteiger partial charge < -0.3 is 10.4 Å². The minimum Gasteiger partial charge on any atom is -0.388 e. The highest BCUT2D eigenvalue weighted by Crippen LogP contribution is 2.30. The summed E-state index contributed by atoms with van der Waals surface area (Å²) in [5, 5.41) is 12.5. The summed E-state index contributed by atoms with van der Waals surface area (Å²) < 4.78 is 0. The molecule has 0 heterocycles. The summed E-state index contributed by atoms with van der Waals surface area (Å²) in [6.07, 6.45) is 2.70. The fourth-order valence-corrected chi connectivity index (χ4v) is 1.27. The van der Waals surface area contributed by atoms with Crippen molar-refractivity contribution < 1.29 is 9.90 Å². The number of aliphatic hydroxyl groups is 1. The third-order valence-electron chi connectivity index (χ3n) is 2.02. The summed E-state index contributed by atoms with van der Waals surface area (Å²) in [6.45, 7) is 0.400. The first-order chi connectivity index (χ1) is 5.16. The summed E-state index contributed by atoms with van der Waals surface area (Å²) in [5.41, 5.74) is -0.599. The van der Waals surface area contributed by atoms with Crippen molar-refractivity contribution in [1.29, 1.82) is 0 Å². The Morgan fingerprint density at radius 3 is 2.64 bits per heavy atom. The molecule has 1 rings (SSSR count). The van der Waals surface area contributed by atoms with Gasteiger partial charge in [-0.15, -0.1) is 0 Å². The first-order valence-corrected chi connectivity index (χ1v) is 4.83. The minimum atomic E-state index is -0.599. The molecule has 11 heavy (non-hydrogen) atoms. The van der Waals surface area contributed by atoms with Crippen molar-refractivity contribution in [2.24, 2.45) is 0 Å². The molecular weight excluding hydrogens is 210 g/mol. The second-order valence-electron chi connectivity index (χ2n) is 2.99. The Morgan fingerprint density at radius 2 is 2.27 bits per heavy atom. The van der Waals surface area contributed by atoms with Crippen LogP contribution in [-0.4, -0.2) is 28.5 Å². The molecule has 1 fully saturated rings. The van der Waals surface area contributed by atoms with Gasteiger partial charge in [0.15, 0.2) is 0 Å². The lowest BCUT2D eigenvalue weighted by atomic mass is 9.80. The van der Waals surface area contributed by atoms with Crippen molar-refractivity contribution in [3.8, 4) is 0 Å². The molecule has 0 aliphatic heterocycles. The van der Waals surface area contributed by atoms with E-state index in [4.69, 9.17) is 0 Å². The van der Waals surface area contributed by atoms with Crippen LogP contribution in [0.2, 0.25) is 0 Å². The molecule has 0 bridgehead atoms. The normalized spacial score (nSPS) is 20.5. The first kappa shape index (κ1) is 9.00. The van der Waals surface area contributed by atoms with Gasteiger partial charge in [-0.2, -0.15) is 0 Å². The molecule has 0 radical (unpaired) electrons. The fraction of sp³-hybridized carbons (Fsp3) is 0.857. The van der Waals surface area contributed by atoms with E-state index in [2.05, 4.69) is 21.2 Å². The number of halogens is 1. The van der Waals surface area contributed by atoms with Crippen LogP contribution < -0.4 is 5.32 Å². The van der Waals surface area contributed by atoms with Gasteiger partial charge in [-0.3, -0.25) is 4.79 Å². The number of carbonyl (C=O) groups excluding carboxylic acids is 1. The van der Waals surface area contributed by atoms with Gasteiger partial charge in [0.1, 0.15) is 0 Å². The van der Waals surface area contributed by atoms with E-state index in [1.165, 1.54) is 0 Å². The maximum Gasteiger partial charge on any atom is 0.230 e. The van der Waals surface area contributed by atoms with Gasteiger partial charge in [0, 0.05) is 6.54 Å². The van der Waals surface area contributed by atoms with Crippen LogP contribution in [0.1, 0.15) is 19.3 Å². The largest absolute Gasteiger partial charge is 0.388 e. The molecule has 2 N–H and O–H groups in total. The molecule has 0 aromatic carbocycles. The average Bonchev–Trinajstić information content (AvgIpc) is 1.96. The lowest BCUT2D eigenvalue weighted by Crippen LogP contribution is -2.48. The van der Waals surface area contributed by atoms with E-state index in [0.717, 1.165) is 19.3 Å². The molecule has 1 saturated carbocycles. The molecule has 0 aromatic heterocycles. The molecule has 4 heteroatoms. The summed E-state index contributed by atoms with van der Waals surface area (Å²) in [7, 11) is 0. The van der Waals surface area contributed by atoms with Gasteiger partial charge in [0.05, 0.1) is 10.9 Å². The highest BCUT2D eigenvalue weighted by atomic mass is 79.9. The zero-order valence-corrected chi connectivity index (χ0v) is 7.85. The van der Waals surface area contributed by atoms with Gasteiger partial charge in [-0.05, 0) is 19.3 Å². The first-order valence-electron chi connectivity index (χ1n) is 3.71. The van der Waals surface area contributed by atoms with Gasteiger partial charge >= 0.3 is 0 Å². The second kappa shape index (κ2) is 3.54. The van der Waals surface area contributed by atoms with Gasteiger partial charge in [0.25, 0.3) is 0 Å². The topological polar surface area (TPSA) is 49.3 Å². The van der Waals surface area contributed by atoms with Crippen LogP contribution in [0.15, 0.2) is 0 Å². The number of hydrogen-bond acceptors (Lipinski definition) is 2. The molecule has 64 valence electrons. The van der Waals surface area contributed by atoms with Gasteiger partial charge in [-0.25, -0.2) is 0 Å². The van der Waals surface area contributed by atoms with E-state index in [-0.39, 0.29) is 5.91 Å². The number of alkyl halides is 1. The van der Waals surface area contributed by atoms with Crippen molar-refractivity contribution in [3.05, 3.63) is 0 Å². The quantitative estimate of drug-likeness (QED) is 0.679. The Morgan fingerprint density at radius 1 is 1.64 bits per heavy atom. The Hall–Kier alpha value is -0.0900. The fourth-order valence-electron chi connectivity index (χ4n) is 1.07. The van der Waals surface area contributed by atoms with Gasteiger partial charge in [-0.1, -0.05) is 15.9 Å². The van der Waals surface area contributed by atoms with E-state index < -0.39 is 5.60 Å². The van der Waals surface area contributed by atoms with Crippen LogP contribution >= 0.6 is 15.9 Å². The van der Waals surface area contributed by atoms with Crippen LogP contribution in [0.25, 0.3) is 0 Å². The lowest BCUT2D eigenvalue weighted by Gasteiger charge is -2.36. The SMILES string of the molecule is O=C(CBr)NCC1(O)CCC1. The van der Waals surface area contributed by atoms with E-state index in [1.54, 1.807) is 0 Å². The standard InChI is InChI=1S/C7H12BrNO2/c8-4-6(10)9-5-7(11)2-1-3-7/h11H,1-5H2,(H,9,10). The summed E-state index contributed by atoms with van der Waals surface area (Å²) >= 11 is 3.03. The average molecular weight is 222 g/mol. The van der Waals surface area contributed by atoms with Crippen molar-refractivity contribution in [3.63, 3.8) is 0 Å². The Bertz CT molecular complexity index is 157. The molecular formula is C7H12BrNO2. The predicted molar refractivity (Wildman–Crippen MR) is 45.6 cm³/mol. The number of rotatable bonds is 3. The lowest BCUT2D eigenvalue weighted by molar-refractivity contribution is -0.120. The Balaban J connectivity index is 2.16. The zero-order valence-electron chi connectivity index (χ0n) is 6.27. The number of carbonyl (C=O) groups is 1. The Kier molecular flexibility index (Phi) is 2.90. The summed E-state index contributed by atoms with van der Waals surface area (Å²) in [4.78, 5) is 10.7. The maximum absolute atomic E-state index is 10.7. The smallest absolute Gasteiger partial charge is 0.230 e. The minimum absolute atomic E-state index is 0.0645. The maximum atomic E-state index is 10.7. The number of amides is 1. The van der Waals surface area contributed by atoms with Crippen molar-refractivity contribution in [2.75, 3.05) is 11.9 Å². The third-order valence-corrected chi connectivity index (χ3v) is 2.53. The van der Waals surface area contributed by atoms with Crippen LogP contribution in [0.5, 0.6) is 0 Å². The van der Waals surface area contributed by atoms with Gasteiger partial charge in [0.2, 0.25) is 5.91 Å².